The summed E-state index contributed by atoms with van der Waals surface area (Å²) in [6.07, 6.45) is 0.159. The maximum atomic E-state index is 11.4. The number of rotatable bonds is 3. The van der Waals surface area contributed by atoms with E-state index in [-0.39, 0.29) is 18.6 Å². The standard InChI is InChI=1S/C13H14O4/c1-8-10(4-3-5-11(8)17-2)13(12(15)16)6-9(14)7-13/h3-5H,6-7H2,1-2H3,(H,15,16). The molecule has 1 aromatic rings. The minimum Gasteiger partial charge on any atom is -0.496 e. The molecule has 4 nitrogen and oxygen atoms in total. The number of ketones is 1. The molecule has 0 radical (unpaired) electrons. The molecule has 1 aliphatic rings. The summed E-state index contributed by atoms with van der Waals surface area (Å²) in [5.74, 6) is -0.287. The van der Waals surface area contributed by atoms with Crippen LogP contribution in [0.1, 0.15) is 24.0 Å². The van der Waals surface area contributed by atoms with Gasteiger partial charge < -0.3 is 9.84 Å². The second-order valence-electron chi connectivity index (χ2n) is 4.41. The lowest BCUT2D eigenvalue weighted by Gasteiger charge is -2.37. The Bertz CT molecular complexity index is 482. The normalized spacial score (nSPS) is 17.4. The highest BCUT2D eigenvalue weighted by molar-refractivity contribution is 6.01. The maximum Gasteiger partial charge on any atom is 0.315 e. The van der Waals surface area contributed by atoms with E-state index >= 15 is 0 Å². The lowest BCUT2D eigenvalue weighted by Crippen LogP contribution is -2.48. The van der Waals surface area contributed by atoms with Gasteiger partial charge in [-0.1, -0.05) is 12.1 Å². The number of carbonyl (C=O) groups excluding carboxylic acids is 1. The van der Waals surface area contributed by atoms with E-state index in [1.807, 2.05) is 6.92 Å². The summed E-state index contributed by atoms with van der Waals surface area (Å²) in [6.45, 7) is 1.82. The van der Waals surface area contributed by atoms with Crippen LogP contribution in [-0.2, 0) is 15.0 Å². The molecule has 0 heterocycles. The number of methoxy groups -OCH3 is 1. The summed E-state index contributed by atoms with van der Waals surface area (Å²) >= 11 is 0. The van der Waals surface area contributed by atoms with E-state index in [9.17, 15) is 14.7 Å². The van der Waals surface area contributed by atoms with Crippen molar-refractivity contribution in [2.75, 3.05) is 7.11 Å². The fraction of sp³-hybridized carbons (Fsp3) is 0.385. The molecule has 2 rings (SSSR count). The molecule has 17 heavy (non-hydrogen) atoms. The van der Waals surface area contributed by atoms with Crippen molar-refractivity contribution in [3.05, 3.63) is 29.3 Å². The zero-order chi connectivity index (χ0) is 12.6. The van der Waals surface area contributed by atoms with E-state index in [0.29, 0.717) is 11.3 Å². The van der Waals surface area contributed by atoms with E-state index in [2.05, 4.69) is 0 Å². The minimum atomic E-state index is -1.05. The van der Waals surface area contributed by atoms with Gasteiger partial charge in [-0.25, -0.2) is 0 Å². The van der Waals surface area contributed by atoms with Gasteiger partial charge in [-0.2, -0.15) is 0 Å². The Morgan fingerprint density at radius 1 is 1.41 bits per heavy atom. The Balaban J connectivity index is 2.52. The van der Waals surface area contributed by atoms with Crippen LogP contribution >= 0.6 is 0 Å². The molecule has 0 bridgehead atoms. The Morgan fingerprint density at radius 2 is 2.06 bits per heavy atom. The van der Waals surface area contributed by atoms with Crippen LogP contribution in [0.5, 0.6) is 5.75 Å². The summed E-state index contributed by atoms with van der Waals surface area (Å²) in [4.78, 5) is 22.6. The van der Waals surface area contributed by atoms with Gasteiger partial charge >= 0.3 is 5.97 Å². The average molecular weight is 234 g/mol. The highest BCUT2D eigenvalue weighted by atomic mass is 16.5. The third kappa shape index (κ3) is 1.60. The van der Waals surface area contributed by atoms with Crippen LogP contribution in [0.3, 0.4) is 0 Å². The van der Waals surface area contributed by atoms with Crippen molar-refractivity contribution < 1.29 is 19.4 Å². The molecular weight excluding hydrogens is 220 g/mol. The molecule has 1 saturated carbocycles. The van der Waals surface area contributed by atoms with Crippen molar-refractivity contribution >= 4 is 11.8 Å². The van der Waals surface area contributed by atoms with E-state index in [0.717, 1.165) is 5.56 Å². The van der Waals surface area contributed by atoms with Gasteiger partial charge in [0.15, 0.2) is 0 Å². The van der Waals surface area contributed by atoms with E-state index in [1.54, 1.807) is 25.3 Å². The van der Waals surface area contributed by atoms with Crippen molar-refractivity contribution in [2.24, 2.45) is 0 Å². The Labute approximate surface area is 99.2 Å². The first-order valence-corrected chi connectivity index (χ1v) is 5.40. The summed E-state index contributed by atoms with van der Waals surface area (Å²) in [6, 6.07) is 5.31. The first-order valence-electron chi connectivity index (χ1n) is 5.40. The van der Waals surface area contributed by atoms with Gasteiger partial charge in [-0.05, 0) is 24.1 Å². The topological polar surface area (TPSA) is 63.6 Å². The van der Waals surface area contributed by atoms with Gasteiger partial charge in [0, 0.05) is 12.8 Å². The Morgan fingerprint density at radius 3 is 2.53 bits per heavy atom. The van der Waals surface area contributed by atoms with Crippen molar-refractivity contribution in [1.82, 2.24) is 0 Å². The van der Waals surface area contributed by atoms with Gasteiger partial charge in [0.2, 0.25) is 0 Å². The highest BCUT2D eigenvalue weighted by Gasteiger charge is 2.52. The maximum absolute atomic E-state index is 11.4. The number of carbonyl (C=O) groups is 2. The fourth-order valence-electron chi connectivity index (χ4n) is 2.43. The van der Waals surface area contributed by atoms with Gasteiger partial charge in [0.1, 0.15) is 16.9 Å². The fourth-order valence-corrected chi connectivity index (χ4v) is 2.43. The predicted molar refractivity (Wildman–Crippen MR) is 61.3 cm³/mol. The van der Waals surface area contributed by atoms with Crippen LogP contribution in [0.25, 0.3) is 0 Å². The number of aliphatic carboxylic acids is 1. The van der Waals surface area contributed by atoms with Crippen LogP contribution < -0.4 is 4.74 Å². The number of Topliss-reactive ketones (excluding diaryl/α,β-unsaturated/α-hetero) is 1. The summed E-state index contributed by atoms with van der Waals surface area (Å²) in [5.41, 5.74) is 0.434. The van der Waals surface area contributed by atoms with Crippen LogP contribution in [0.15, 0.2) is 18.2 Å². The predicted octanol–water partition coefficient (Wildman–Crippen LogP) is 1.69. The lowest BCUT2D eigenvalue weighted by atomic mass is 9.62. The number of benzene rings is 1. The monoisotopic (exact) mass is 234 g/mol. The third-order valence-corrected chi connectivity index (χ3v) is 3.43. The number of carboxylic acid groups (broad SMARTS) is 1. The quantitative estimate of drug-likeness (QED) is 0.864. The zero-order valence-corrected chi connectivity index (χ0v) is 9.82. The second kappa shape index (κ2) is 3.87. The largest absolute Gasteiger partial charge is 0.496 e. The lowest BCUT2D eigenvalue weighted by molar-refractivity contribution is -0.153. The van der Waals surface area contributed by atoms with Crippen LogP contribution in [0.4, 0.5) is 0 Å². The second-order valence-corrected chi connectivity index (χ2v) is 4.41. The molecule has 0 unspecified atom stereocenters. The van der Waals surface area contributed by atoms with Crippen molar-refractivity contribution in [3.8, 4) is 5.75 Å². The van der Waals surface area contributed by atoms with Gasteiger partial charge in [0.05, 0.1) is 7.11 Å². The average Bonchev–Trinajstić information content (AvgIpc) is 2.25. The molecule has 0 aliphatic heterocycles. The Hall–Kier alpha value is -1.84. The van der Waals surface area contributed by atoms with E-state index < -0.39 is 11.4 Å². The molecule has 4 heteroatoms. The smallest absolute Gasteiger partial charge is 0.315 e. The van der Waals surface area contributed by atoms with Crippen LogP contribution in [-0.4, -0.2) is 24.0 Å². The molecular formula is C13H14O4. The minimum absolute atomic E-state index is 0.00498. The van der Waals surface area contributed by atoms with Crippen molar-refractivity contribution in [3.63, 3.8) is 0 Å². The molecule has 0 aromatic heterocycles. The van der Waals surface area contributed by atoms with Gasteiger partial charge in [0.25, 0.3) is 0 Å². The van der Waals surface area contributed by atoms with Gasteiger partial charge in [-0.15, -0.1) is 0 Å². The molecule has 0 amide bonds. The van der Waals surface area contributed by atoms with E-state index in [4.69, 9.17) is 4.74 Å². The third-order valence-electron chi connectivity index (χ3n) is 3.43. The van der Waals surface area contributed by atoms with Crippen LogP contribution in [0, 0.1) is 6.92 Å². The highest BCUT2D eigenvalue weighted by Crippen LogP contribution is 2.44. The molecule has 1 aliphatic carbocycles. The van der Waals surface area contributed by atoms with Gasteiger partial charge in [-0.3, -0.25) is 9.59 Å². The zero-order valence-electron chi connectivity index (χ0n) is 9.82. The first-order chi connectivity index (χ1) is 8.01. The summed E-state index contributed by atoms with van der Waals surface area (Å²) < 4.78 is 5.18. The summed E-state index contributed by atoms with van der Waals surface area (Å²) in [7, 11) is 1.55. The number of hydrogen-bond acceptors (Lipinski definition) is 3. The summed E-state index contributed by atoms with van der Waals surface area (Å²) in [5, 5.41) is 9.35. The number of ether oxygens (including phenoxy) is 1. The molecule has 0 atom stereocenters. The first kappa shape index (κ1) is 11.6. The van der Waals surface area contributed by atoms with Crippen molar-refractivity contribution in [2.45, 2.75) is 25.2 Å². The molecule has 1 aromatic carbocycles. The van der Waals surface area contributed by atoms with Crippen LogP contribution in [0.2, 0.25) is 0 Å². The Kier molecular flexibility index (Phi) is 2.65. The SMILES string of the molecule is COc1cccc(C2(C(=O)O)CC(=O)C2)c1C. The van der Waals surface area contributed by atoms with Crippen molar-refractivity contribution in [1.29, 1.82) is 0 Å². The number of carboxylic acids is 1. The number of hydrogen-bond donors (Lipinski definition) is 1. The molecule has 1 fully saturated rings. The molecule has 0 spiro atoms. The van der Waals surface area contributed by atoms with E-state index in [1.165, 1.54) is 0 Å². The molecule has 1 N–H and O–H groups in total. The molecule has 90 valence electrons. The molecule has 0 saturated heterocycles.